The Morgan fingerprint density at radius 3 is 2.36 bits per heavy atom. The zero-order valence-electron chi connectivity index (χ0n) is 11.5. The van der Waals surface area contributed by atoms with Crippen LogP contribution in [0, 0.1) is 0 Å². The average molecular weight is 351 g/mol. The molecule has 0 radical (unpaired) electrons. The molecule has 0 unspecified atom stereocenters. The summed E-state index contributed by atoms with van der Waals surface area (Å²) in [5.41, 5.74) is 4.76. The van der Waals surface area contributed by atoms with E-state index in [0.29, 0.717) is 5.89 Å². The Hall–Kier alpha value is -2.46. The smallest absolute Gasteiger partial charge is 0.227 e. The van der Waals surface area contributed by atoms with Gasteiger partial charge in [0.1, 0.15) is 5.52 Å². The molecule has 3 nitrogen and oxygen atoms in total. The van der Waals surface area contributed by atoms with Gasteiger partial charge in [-0.15, -0.1) is 0 Å². The highest BCUT2D eigenvalue weighted by Gasteiger charge is 2.12. The molecular weight excluding hydrogens is 340 g/mol. The van der Waals surface area contributed by atoms with E-state index in [2.05, 4.69) is 44.1 Å². The van der Waals surface area contributed by atoms with Crippen molar-refractivity contribution in [3.8, 4) is 22.6 Å². The summed E-state index contributed by atoms with van der Waals surface area (Å²) < 4.78 is 6.79. The maximum absolute atomic E-state index is 5.89. The fraction of sp³-hybridized carbons (Fsp3) is 0. The SMILES string of the molecule is Brc1cc(-c2ccccc2)cc2nc(-c3ccncc3)oc12. The molecule has 0 atom stereocenters. The largest absolute Gasteiger partial charge is 0.435 e. The minimum Gasteiger partial charge on any atom is -0.435 e. The van der Waals surface area contributed by atoms with Crippen molar-refractivity contribution in [2.45, 2.75) is 0 Å². The molecule has 0 saturated carbocycles. The number of hydrogen-bond acceptors (Lipinski definition) is 3. The van der Waals surface area contributed by atoms with Gasteiger partial charge in [-0.2, -0.15) is 0 Å². The molecule has 0 fully saturated rings. The van der Waals surface area contributed by atoms with Crippen LogP contribution < -0.4 is 0 Å². The molecule has 4 rings (SSSR count). The van der Waals surface area contributed by atoms with E-state index in [9.17, 15) is 0 Å². The van der Waals surface area contributed by atoms with Gasteiger partial charge in [0.2, 0.25) is 5.89 Å². The topological polar surface area (TPSA) is 38.9 Å². The van der Waals surface area contributed by atoms with Gasteiger partial charge in [0.25, 0.3) is 0 Å². The van der Waals surface area contributed by atoms with Gasteiger partial charge in [0.05, 0.1) is 4.47 Å². The lowest BCUT2D eigenvalue weighted by Crippen LogP contribution is -1.79. The minimum atomic E-state index is 0.600. The number of rotatable bonds is 2. The van der Waals surface area contributed by atoms with Gasteiger partial charge in [-0.05, 0) is 51.3 Å². The summed E-state index contributed by atoms with van der Waals surface area (Å²) >= 11 is 3.58. The van der Waals surface area contributed by atoms with Crippen LogP contribution in [-0.2, 0) is 0 Å². The molecule has 0 aliphatic heterocycles. The number of oxazole rings is 1. The van der Waals surface area contributed by atoms with E-state index in [-0.39, 0.29) is 0 Å². The van der Waals surface area contributed by atoms with Crippen LogP contribution in [0.1, 0.15) is 0 Å². The van der Waals surface area contributed by atoms with Gasteiger partial charge < -0.3 is 4.42 Å². The monoisotopic (exact) mass is 350 g/mol. The van der Waals surface area contributed by atoms with E-state index in [1.54, 1.807) is 12.4 Å². The van der Waals surface area contributed by atoms with Crippen LogP contribution in [0.3, 0.4) is 0 Å². The van der Waals surface area contributed by atoms with E-state index < -0.39 is 0 Å². The van der Waals surface area contributed by atoms with Gasteiger partial charge >= 0.3 is 0 Å². The van der Waals surface area contributed by atoms with Crippen LogP contribution in [0.4, 0.5) is 0 Å². The van der Waals surface area contributed by atoms with Crippen molar-refractivity contribution in [1.82, 2.24) is 9.97 Å². The number of fused-ring (bicyclic) bond motifs is 1. The second-order valence-electron chi connectivity index (χ2n) is 4.93. The van der Waals surface area contributed by atoms with Crippen LogP contribution in [0.25, 0.3) is 33.7 Å². The van der Waals surface area contributed by atoms with E-state index in [4.69, 9.17) is 4.42 Å². The number of hydrogen-bond donors (Lipinski definition) is 0. The van der Waals surface area contributed by atoms with Crippen LogP contribution in [-0.4, -0.2) is 9.97 Å². The van der Waals surface area contributed by atoms with Crippen LogP contribution in [0.5, 0.6) is 0 Å². The second kappa shape index (κ2) is 5.39. The number of pyridine rings is 1. The zero-order valence-corrected chi connectivity index (χ0v) is 13.1. The summed E-state index contributed by atoms with van der Waals surface area (Å²) in [6.45, 7) is 0. The maximum atomic E-state index is 5.89. The third-order valence-electron chi connectivity index (χ3n) is 3.48. The second-order valence-corrected chi connectivity index (χ2v) is 5.78. The third kappa shape index (κ3) is 2.31. The fourth-order valence-corrected chi connectivity index (χ4v) is 2.94. The highest BCUT2D eigenvalue weighted by Crippen LogP contribution is 2.33. The van der Waals surface area contributed by atoms with Gasteiger partial charge in [0, 0.05) is 18.0 Å². The Morgan fingerprint density at radius 1 is 0.818 bits per heavy atom. The van der Waals surface area contributed by atoms with Crippen molar-refractivity contribution in [2.24, 2.45) is 0 Å². The molecule has 0 spiro atoms. The molecule has 2 aromatic carbocycles. The molecule has 0 N–H and O–H groups in total. The van der Waals surface area contributed by atoms with Gasteiger partial charge in [-0.1, -0.05) is 30.3 Å². The van der Waals surface area contributed by atoms with Gasteiger partial charge in [0.15, 0.2) is 5.58 Å². The molecule has 0 aliphatic rings. The molecule has 0 bridgehead atoms. The van der Waals surface area contributed by atoms with Crippen LogP contribution in [0.15, 0.2) is 75.9 Å². The molecule has 2 heterocycles. The Kier molecular flexibility index (Phi) is 3.24. The van der Waals surface area contributed by atoms with Gasteiger partial charge in [-0.3, -0.25) is 4.98 Å². The molecule has 4 heteroatoms. The van der Waals surface area contributed by atoms with Crippen LogP contribution >= 0.6 is 15.9 Å². The fourth-order valence-electron chi connectivity index (χ4n) is 2.41. The predicted octanol–water partition coefficient (Wildman–Crippen LogP) is 5.32. The predicted molar refractivity (Wildman–Crippen MR) is 90.4 cm³/mol. The highest BCUT2D eigenvalue weighted by molar-refractivity contribution is 9.10. The van der Waals surface area contributed by atoms with Crippen molar-refractivity contribution in [1.29, 1.82) is 0 Å². The summed E-state index contributed by atoms with van der Waals surface area (Å²) in [7, 11) is 0. The summed E-state index contributed by atoms with van der Waals surface area (Å²) in [6.07, 6.45) is 3.46. The quantitative estimate of drug-likeness (QED) is 0.491. The lowest BCUT2D eigenvalue weighted by molar-refractivity contribution is 0.618. The molecule has 2 aromatic heterocycles. The molecule has 106 valence electrons. The van der Waals surface area contributed by atoms with Crippen molar-refractivity contribution >= 4 is 27.0 Å². The summed E-state index contributed by atoms with van der Waals surface area (Å²) in [5, 5.41) is 0. The Balaban J connectivity index is 1.88. The first kappa shape index (κ1) is 13.2. The number of aromatic nitrogens is 2. The van der Waals surface area contributed by atoms with Crippen molar-refractivity contribution < 1.29 is 4.42 Å². The highest BCUT2D eigenvalue weighted by atomic mass is 79.9. The minimum absolute atomic E-state index is 0.600. The first-order valence-electron chi connectivity index (χ1n) is 6.87. The van der Waals surface area contributed by atoms with E-state index in [1.807, 2.05) is 36.4 Å². The summed E-state index contributed by atoms with van der Waals surface area (Å²) in [6, 6.07) is 18.1. The number of nitrogens with zero attached hydrogens (tertiary/aromatic N) is 2. The number of halogens is 1. The van der Waals surface area contributed by atoms with E-state index in [0.717, 1.165) is 32.3 Å². The summed E-state index contributed by atoms with van der Waals surface area (Å²) in [4.78, 5) is 8.62. The molecular formula is C18H11BrN2O. The standard InChI is InChI=1S/C18H11BrN2O/c19-15-10-14(12-4-2-1-3-5-12)11-16-17(15)22-18(21-16)13-6-8-20-9-7-13/h1-11H. The maximum Gasteiger partial charge on any atom is 0.227 e. The lowest BCUT2D eigenvalue weighted by atomic mass is 10.1. The molecule has 4 aromatic rings. The van der Waals surface area contributed by atoms with Crippen molar-refractivity contribution in [3.05, 3.63) is 71.5 Å². The first-order valence-corrected chi connectivity index (χ1v) is 7.66. The Labute approximate surface area is 135 Å². The normalized spacial score (nSPS) is 11.0. The molecule has 0 saturated heterocycles. The van der Waals surface area contributed by atoms with Crippen molar-refractivity contribution in [2.75, 3.05) is 0 Å². The van der Waals surface area contributed by atoms with Gasteiger partial charge in [-0.25, -0.2) is 4.98 Å². The number of benzene rings is 2. The molecule has 22 heavy (non-hydrogen) atoms. The summed E-state index contributed by atoms with van der Waals surface area (Å²) in [5.74, 6) is 0.600. The van der Waals surface area contributed by atoms with E-state index >= 15 is 0 Å². The van der Waals surface area contributed by atoms with Crippen LogP contribution in [0.2, 0.25) is 0 Å². The molecule has 0 aliphatic carbocycles. The van der Waals surface area contributed by atoms with Crippen molar-refractivity contribution in [3.63, 3.8) is 0 Å². The third-order valence-corrected chi connectivity index (χ3v) is 4.07. The lowest BCUT2D eigenvalue weighted by Gasteiger charge is -2.02. The Morgan fingerprint density at radius 2 is 1.59 bits per heavy atom. The Bertz CT molecular complexity index is 933. The molecule has 0 amide bonds. The first-order chi connectivity index (χ1) is 10.8. The average Bonchev–Trinajstić information content (AvgIpc) is 3.01. The zero-order chi connectivity index (χ0) is 14.9. The van der Waals surface area contributed by atoms with E-state index in [1.165, 1.54) is 0 Å².